The van der Waals surface area contributed by atoms with Gasteiger partial charge in [0.1, 0.15) is 0 Å². The van der Waals surface area contributed by atoms with Crippen molar-refractivity contribution in [1.82, 2.24) is 20.1 Å². The minimum Gasteiger partial charge on any atom is -0.465 e. The maximum absolute atomic E-state index is 12.6. The number of carbonyl (C=O) groups excluding carboxylic acids is 3. The van der Waals surface area contributed by atoms with Crippen LogP contribution in [0.4, 0.5) is 5.69 Å². The van der Waals surface area contributed by atoms with Gasteiger partial charge in [0.15, 0.2) is 11.0 Å². The molecule has 0 aliphatic carbocycles. The van der Waals surface area contributed by atoms with Gasteiger partial charge in [0, 0.05) is 17.8 Å². The first-order valence-electron chi connectivity index (χ1n) is 10.8. The van der Waals surface area contributed by atoms with Gasteiger partial charge in [-0.25, -0.2) is 4.79 Å². The molecule has 0 aliphatic heterocycles. The van der Waals surface area contributed by atoms with Gasteiger partial charge in [0.25, 0.3) is 5.91 Å². The molecule has 10 heteroatoms. The second-order valence-electron chi connectivity index (χ2n) is 7.71. The molecule has 182 valence electrons. The van der Waals surface area contributed by atoms with Gasteiger partial charge >= 0.3 is 5.97 Å². The highest BCUT2D eigenvalue weighted by Gasteiger charge is 2.20. The van der Waals surface area contributed by atoms with Crippen LogP contribution in [0.1, 0.15) is 45.1 Å². The fourth-order valence-electron chi connectivity index (χ4n) is 3.25. The van der Waals surface area contributed by atoms with Crippen molar-refractivity contribution in [3.8, 4) is 0 Å². The summed E-state index contributed by atoms with van der Waals surface area (Å²) in [7, 11) is 1.30. The smallest absolute Gasteiger partial charge is 0.337 e. The van der Waals surface area contributed by atoms with Crippen LogP contribution in [-0.4, -0.2) is 45.4 Å². The van der Waals surface area contributed by atoms with Crippen molar-refractivity contribution >= 4 is 35.2 Å². The van der Waals surface area contributed by atoms with E-state index in [0.29, 0.717) is 34.3 Å². The van der Waals surface area contributed by atoms with Crippen LogP contribution in [0, 0.1) is 6.92 Å². The van der Waals surface area contributed by atoms with Crippen LogP contribution in [0.15, 0.2) is 66.3 Å². The van der Waals surface area contributed by atoms with Crippen LogP contribution >= 0.6 is 11.8 Å². The van der Waals surface area contributed by atoms with Crippen molar-refractivity contribution in [2.24, 2.45) is 0 Å². The number of nitrogens with zero attached hydrogens (tertiary/aromatic N) is 3. The molecule has 3 rings (SSSR count). The summed E-state index contributed by atoms with van der Waals surface area (Å²) in [6, 6.07) is 13.4. The number of rotatable bonds is 10. The minimum atomic E-state index is -0.482. The lowest BCUT2D eigenvalue weighted by molar-refractivity contribution is -0.113. The number of methoxy groups -OCH3 is 1. The lowest BCUT2D eigenvalue weighted by Crippen LogP contribution is -2.28. The van der Waals surface area contributed by atoms with E-state index in [1.54, 1.807) is 42.5 Å². The van der Waals surface area contributed by atoms with Crippen molar-refractivity contribution < 1.29 is 19.1 Å². The SMILES string of the molecule is C=CCn1c(SCC(=O)Nc2cccc(C(=O)OC)c2)nnc1[C@@H](C)NC(=O)c1ccc(C)cc1. The fraction of sp³-hybridized carbons (Fsp3) is 0.240. The van der Waals surface area contributed by atoms with Crippen LogP contribution in [0.25, 0.3) is 0 Å². The summed E-state index contributed by atoms with van der Waals surface area (Å²) in [5.74, 6) is -0.342. The summed E-state index contributed by atoms with van der Waals surface area (Å²) in [5, 5.41) is 14.7. The Labute approximate surface area is 208 Å². The number of aryl methyl sites for hydroxylation is 1. The van der Waals surface area contributed by atoms with Crippen LogP contribution in [0.5, 0.6) is 0 Å². The Morgan fingerprint density at radius 3 is 2.57 bits per heavy atom. The molecule has 0 saturated carbocycles. The number of esters is 1. The van der Waals surface area contributed by atoms with E-state index in [9.17, 15) is 14.4 Å². The third kappa shape index (κ3) is 6.80. The Kier molecular flexibility index (Phi) is 8.80. The molecule has 2 aromatic carbocycles. The molecule has 1 atom stereocenters. The summed E-state index contributed by atoms with van der Waals surface area (Å²) >= 11 is 1.21. The molecular formula is C25H27N5O4S. The molecule has 2 amide bonds. The van der Waals surface area contributed by atoms with Crippen LogP contribution in [0.2, 0.25) is 0 Å². The van der Waals surface area contributed by atoms with E-state index in [1.165, 1.54) is 18.9 Å². The summed E-state index contributed by atoms with van der Waals surface area (Å²) in [4.78, 5) is 36.8. The summed E-state index contributed by atoms with van der Waals surface area (Å²) < 4.78 is 6.51. The second-order valence-corrected chi connectivity index (χ2v) is 8.65. The van der Waals surface area contributed by atoms with Crippen molar-refractivity contribution in [2.75, 3.05) is 18.2 Å². The molecule has 0 bridgehead atoms. The Bertz CT molecular complexity index is 1220. The molecule has 0 radical (unpaired) electrons. The van der Waals surface area contributed by atoms with Gasteiger partial charge in [-0.05, 0) is 44.2 Å². The van der Waals surface area contributed by atoms with Crippen molar-refractivity contribution in [2.45, 2.75) is 31.6 Å². The van der Waals surface area contributed by atoms with Gasteiger partial charge in [0.2, 0.25) is 5.91 Å². The maximum atomic E-state index is 12.6. The highest BCUT2D eigenvalue weighted by molar-refractivity contribution is 7.99. The van der Waals surface area contributed by atoms with E-state index >= 15 is 0 Å². The third-order valence-electron chi connectivity index (χ3n) is 5.01. The fourth-order valence-corrected chi connectivity index (χ4v) is 4.00. The van der Waals surface area contributed by atoms with E-state index < -0.39 is 12.0 Å². The van der Waals surface area contributed by atoms with E-state index in [-0.39, 0.29) is 17.6 Å². The molecule has 0 unspecified atom stereocenters. The van der Waals surface area contributed by atoms with Crippen LogP contribution in [0.3, 0.4) is 0 Å². The number of anilines is 1. The van der Waals surface area contributed by atoms with Gasteiger partial charge in [-0.15, -0.1) is 16.8 Å². The number of nitrogens with one attached hydrogen (secondary N) is 2. The lowest BCUT2D eigenvalue weighted by Gasteiger charge is -2.15. The normalized spacial score (nSPS) is 11.4. The summed E-state index contributed by atoms with van der Waals surface area (Å²) in [5.41, 5.74) is 2.45. The average molecular weight is 494 g/mol. The molecule has 0 aliphatic rings. The van der Waals surface area contributed by atoms with Crippen LogP contribution < -0.4 is 10.6 Å². The summed E-state index contributed by atoms with van der Waals surface area (Å²) in [6.07, 6.45) is 1.70. The zero-order chi connectivity index (χ0) is 25.4. The molecule has 9 nitrogen and oxygen atoms in total. The molecule has 1 aromatic heterocycles. The second kappa shape index (κ2) is 12.0. The number of aromatic nitrogens is 3. The van der Waals surface area contributed by atoms with E-state index in [1.807, 2.05) is 30.5 Å². The molecule has 0 saturated heterocycles. The predicted molar refractivity (Wildman–Crippen MR) is 134 cm³/mol. The molecule has 1 heterocycles. The van der Waals surface area contributed by atoms with Gasteiger partial charge in [-0.3, -0.25) is 9.59 Å². The first kappa shape index (κ1) is 25.7. The van der Waals surface area contributed by atoms with Crippen molar-refractivity contribution in [1.29, 1.82) is 0 Å². The highest BCUT2D eigenvalue weighted by atomic mass is 32.2. The number of carbonyl (C=O) groups is 3. The van der Waals surface area contributed by atoms with Gasteiger partial charge in [0.05, 0.1) is 24.5 Å². The first-order valence-corrected chi connectivity index (χ1v) is 11.8. The Hall–Kier alpha value is -3.92. The monoisotopic (exact) mass is 493 g/mol. The molecule has 35 heavy (non-hydrogen) atoms. The number of hydrogen-bond donors (Lipinski definition) is 2. The standard InChI is InChI=1S/C25H27N5O4S/c1-5-13-30-22(17(3)26-23(32)18-11-9-16(2)10-12-18)28-29-25(30)35-15-21(31)27-20-8-6-7-19(14-20)24(33)34-4/h5-12,14,17H,1,13,15H2,2-4H3,(H,26,32)(H,27,31)/t17-/m1/s1. The van der Waals surface area contributed by atoms with Crippen molar-refractivity contribution in [3.63, 3.8) is 0 Å². The molecular weight excluding hydrogens is 466 g/mol. The molecule has 0 spiro atoms. The first-order chi connectivity index (χ1) is 16.8. The average Bonchev–Trinajstić information content (AvgIpc) is 3.25. The lowest BCUT2D eigenvalue weighted by atomic mass is 10.1. The van der Waals surface area contributed by atoms with Gasteiger partial charge < -0.3 is 19.9 Å². The zero-order valence-electron chi connectivity index (χ0n) is 19.8. The van der Waals surface area contributed by atoms with Crippen molar-refractivity contribution in [3.05, 3.63) is 83.7 Å². The number of amides is 2. The van der Waals surface area contributed by atoms with Crippen LogP contribution in [-0.2, 0) is 16.1 Å². The number of allylic oxidation sites excluding steroid dienone is 1. The predicted octanol–water partition coefficient (Wildman–Crippen LogP) is 3.78. The zero-order valence-corrected chi connectivity index (χ0v) is 20.6. The third-order valence-corrected chi connectivity index (χ3v) is 5.97. The minimum absolute atomic E-state index is 0.0713. The number of benzene rings is 2. The number of thioether (sulfide) groups is 1. The number of ether oxygens (including phenoxy) is 1. The Balaban J connectivity index is 1.65. The molecule has 0 fully saturated rings. The van der Waals surface area contributed by atoms with E-state index in [2.05, 4.69) is 27.4 Å². The topological polar surface area (TPSA) is 115 Å². The van der Waals surface area contributed by atoms with Gasteiger partial charge in [-0.1, -0.05) is 41.6 Å². The van der Waals surface area contributed by atoms with Gasteiger partial charge in [-0.2, -0.15) is 0 Å². The molecule has 3 aromatic rings. The Morgan fingerprint density at radius 2 is 1.89 bits per heavy atom. The Morgan fingerprint density at radius 1 is 1.14 bits per heavy atom. The largest absolute Gasteiger partial charge is 0.465 e. The number of hydrogen-bond acceptors (Lipinski definition) is 7. The van der Waals surface area contributed by atoms with E-state index in [4.69, 9.17) is 4.74 Å². The van der Waals surface area contributed by atoms with E-state index in [0.717, 1.165) is 5.56 Å². The summed E-state index contributed by atoms with van der Waals surface area (Å²) in [6.45, 7) is 7.98. The maximum Gasteiger partial charge on any atom is 0.337 e. The molecule has 2 N–H and O–H groups in total. The highest BCUT2D eigenvalue weighted by Crippen LogP contribution is 2.22. The quantitative estimate of drug-likeness (QED) is 0.251.